The summed E-state index contributed by atoms with van der Waals surface area (Å²) in [7, 11) is -3.87. The highest BCUT2D eigenvalue weighted by Gasteiger charge is 2.29. The van der Waals surface area contributed by atoms with Crippen LogP contribution in [-0.4, -0.2) is 19.4 Å². The summed E-state index contributed by atoms with van der Waals surface area (Å²) in [5.74, 6) is 0.259. The van der Waals surface area contributed by atoms with Gasteiger partial charge in [-0.05, 0) is 43.2 Å². The van der Waals surface area contributed by atoms with Crippen LogP contribution in [0.5, 0.6) is 0 Å². The van der Waals surface area contributed by atoms with Crippen molar-refractivity contribution in [2.24, 2.45) is 11.8 Å². The Kier molecular flexibility index (Phi) is 4.20. The average Bonchev–Trinajstić information content (AvgIpc) is 2.34. The molecule has 2 rings (SSSR count). The Morgan fingerprint density at radius 1 is 1.32 bits per heavy atom. The second-order valence-corrected chi connectivity index (χ2v) is 7.01. The number of sulfonamides is 1. The van der Waals surface area contributed by atoms with E-state index in [9.17, 15) is 12.8 Å². The maximum Gasteiger partial charge on any atom is 0.261 e. The third kappa shape index (κ3) is 3.30. The van der Waals surface area contributed by atoms with Crippen LogP contribution in [-0.2, 0) is 10.0 Å². The van der Waals surface area contributed by atoms with Crippen molar-refractivity contribution in [3.8, 4) is 0 Å². The standard InChI is InChI=1S/C13H19FN2O2S/c1-9-5-6-11(8-10(9)2)16-19(17,18)13-12(14)4-3-7-15-13/h3-4,7,9-11,16H,5-6,8H2,1-2H3. The zero-order valence-corrected chi connectivity index (χ0v) is 12.0. The topological polar surface area (TPSA) is 59.1 Å². The molecule has 1 fully saturated rings. The molecule has 4 nitrogen and oxygen atoms in total. The molecule has 0 aliphatic heterocycles. The van der Waals surface area contributed by atoms with E-state index >= 15 is 0 Å². The van der Waals surface area contributed by atoms with Gasteiger partial charge < -0.3 is 0 Å². The Balaban J connectivity index is 2.12. The number of nitrogens with zero attached hydrogens (tertiary/aromatic N) is 1. The molecule has 0 aromatic carbocycles. The minimum atomic E-state index is -3.87. The highest BCUT2D eigenvalue weighted by atomic mass is 32.2. The molecule has 106 valence electrons. The summed E-state index contributed by atoms with van der Waals surface area (Å²) in [4.78, 5) is 3.62. The highest BCUT2D eigenvalue weighted by molar-refractivity contribution is 7.89. The number of pyridine rings is 1. The lowest BCUT2D eigenvalue weighted by Gasteiger charge is -2.32. The SMILES string of the molecule is CC1CCC(NS(=O)(=O)c2ncccc2F)CC1C. The van der Waals surface area contributed by atoms with Crippen molar-refractivity contribution in [2.45, 2.75) is 44.2 Å². The van der Waals surface area contributed by atoms with Crippen LogP contribution < -0.4 is 4.72 Å². The lowest BCUT2D eigenvalue weighted by atomic mass is 9.79. The van der Waals surface area contributed by atoms with Crippen LogP contribution in [0, 0.1) is 17.7 Å². The number of halogens is 1. The molecule has 1 aliphatic carbocycles. The van der Waals surface area contributed by atoms with Crippen molar-refractivity contribution in [2.75, 3.05) is 0 Å². The minimum absolute atomic E-state index is 0.127. The van der Waals surface area contributed by atoms with Gasteiger partial charge in [0, 0.05) is 12.2 Å². The third-order valence-corrected chi connectivity index (χ3v) is 5.35. The van der Waals surface area contributed by atoms with Gasteiger partial charge in [0.2, 0.25) is 5.03 Å². The largest absolute Gasteiger partial charge is 0.261 e. The van der Waals surface area contributed by atoms with Crippen LogP contribution in [0.1, 0.15) is 33.1 Å². The first-order valence-electron chi connectivity index (χ1n) is 6.53. The van der Waals surface area contributed by atoms with Crippen LogP contribution in [0.25, 0.3) is 0 Å². The molecule has 3 unspecified atom stereocenters. The summed E-state index contributed by atoms with van der Waals surface area (Å²) in [5, 5.41) is -0.513. The molecule has 1 N–H and O–H groups in total. The lowest BCUT2D eigenvalue weighted by Crippen LogP contribution is -2.40. The molecular weight excluding hydrogens is 267 g/mol. The minimum Gasteiger partial charge on any atom is -0.241 e. The summed E-state index contributed by atoms with van der Waals surface area (Å²) < 4.78 is 40.3. The molecule has 1 saturated carbocycles. The number of aromatic nitrogens is 1. The fourth-order valence-corrected chi connectivity index (χ4v) is 3.79. The molecule has 0 saturated heterocycles. The van der Waals surface area contributed by atoms with Crippen LogP contribution in [0.4, 0.5) is 4.39 Å². The van der Waals surface area contributed by atoms with E-state index in [1.54, 1.807) is 0 Å². The molecular formula is C13H19FN2O2S. The molecule has 1 heterocycles. The van der Waals surface area contributed by atoms with E-state index in [0.29, 0.717) is 11.8 Å². The van der Waals surface area contributed by atoms with Crippen molar-refractivity contribution in [3.63, 3.8) is 0 Å². The Morgan fingerprint density at radius 3 is 2.68 bits per heavy atom. The second kappa shape index (κ2) is 5.54. The first-order valence-corrected chi connectivity index (χ1v) is 8.01. The fraction of sp³-hybridized carbons (Fsp3) is 0.615. The van der Waals surface area contributed by atoms with E-state index in [2.05, 4.69) is 23.6 Å². The van der Waals surface area contributed by atoms with Gasteiger partial charge in [-0.3, -0.25) is 0 Å². The predicted octanol–water partition coefficient (Wildman–Crippen LogP) is 2.32. The lowest BCUT2D eigenvalue weighted by molar-refractivity contribution is 0.241. The van der Waals surface area contributed by atoms with E-state index in [4.69, 9.17) is 0 Å². The second-order valence-electron chi connectivity index (χ2n) is 5.38. The summed E-state index contributed by atoms with van der Waals surface area (Å²) in [5.41, 5.74) is 0. The number of rotatable bonds is 3. The van der Waals surface area contributed by atoms with Crippen LogP contribution in [0.15, 0.2) is 23.4 Å². The Morgan fingerprint density at radius 2 is 2.05 bits per heavy atom. The fourth-order valence-electron chi connectivity index (χ4n) is 2.50. The Bertz CT molecular complexity index is 547. The van der Waals surface area contributed by atoms with Crippen molar-refractivity contribution in [1.29, 1.82) is 0 Å². The normalized spacial score (nSPS) is 28.3. The molecule has 0 bridgehead atoms. The van der Waals surface area contributed by atoms with Crippen molar-refractivity contribution in [3.05, 3.63) is 24.1 Å². The summed E-state index contributed by atoms with van der Waals surface area (Å²) in [6.45, 7) is 4.29. The molecule has 0 radical (unpaired) electrons. The Labute approximate surface area is 113 Å². The molecule has 1 aliphatic rings. The van der Waals surface area contributed by atoms with Gasteiger partial charge >= 0.3 is 0 Å². The predicted molar refractivity (Wildman–Crippen MR) is 70.5 cm³/mol. The van der Waals surface area contributed by atoms with Gasteiger partial charge in [-0.2, -0.15) is 0 Å². The monoisotopic (exact) mass is 286 g/mol. The Hall–Kier alpha value is -1.01. The first-order chi connectivity index (χ1) is 8.90. The van der Waals surface area contributed by atoms with E-state index in [0.717, 1.165) is 25.3 Å². The number of hydrogen-bond donors (Lipinski definition) is 1. The molecule has 0 spiro atoms. The van der Waals surface area contributed by atoms with Gasteiger partial charge in [0.05, 0.1) is 0 Å². The summed E-state index contributed by atoms with van der Waals surface area (Å²) in [6.07, 6.45) is 3.84. The maximum atomic E-state index is 13.5. The molecule has 1 aromatic rings. The molecule has 6 heteroatoms. The average molecular weight is 286 g/mol. The van der Waals surface area contributed by atoms with E-state index < -0.39 is 20.9 Å². The maximum absolute atomic E-state index is 13.5. The highest BCUT2D eigenvalue weighted by Crippen LogP contribution is 2.30. The zero-order valence-electron chi connectivity index (χ0n) is 11.1. The van der Waals surface area contributed by atoms with Gasteiger partial charge in [0.1, 0.15) is 0 Å². The van der Waals surface area contributed by atoms with Gasteiger partial charge in [-0.15, -0.1) is 0 Å². The first kappa shape index (κ1) is 14.4. The smallest absolute Gasteiger partial charge is 0.241 e. The molecule has 0 amide bonds. The van der Waals surface area contributed by atoms with Crippen molar-refractivity contribution >= 4 is 10.0 Å². The van der Waals surface area contributed by atoms with Gasteiger partial charge in [-0.1, -0.05) is 13.8 Å². The van der Waals surface area contributed by atoms with Gasteiger partial charge in [0.25, 0.3) is 10.0 Å². The number of hydrogen-bond acceptors (Lipinski definition) is 3. The van der Waals surface area contributed by atoms with E-state index in [-0.39, 0.29) is 6.04 Å². The van der Waals surface area contributed by atoms with Crippen molar-refractivity contribution < 1.29 is 12.8 Å². The van der Waals surface area contributed by atoms with Crippen LogP contribution >= 0.6 is 0 Å². The van der Waals surface area contributed by atoms with Gasteiger partial charge in [-0.25, -0.2) is 22.5 Å². The molecule has 19 heavy (non-hydrogen) atoms. The summed E-state index contributed by atoms with van der Waals surface area (Å²) in [6, 6.07) is 2.35. The van der Waals surface area contributed by atoms with Crippen LogP contribution in [0.3, 0.4) is 0 Å². The van der Waals surface area contributed by atoms with E-state index in [1.807, 2.05) is 0 Å². The zero-order chi connectivity index (χ0) is 14.0. The third-order valence-electron chi connectivity index (χ3n) is 3.90. The molecule has 3 atom stereocenters. The summed E-state index contributed by atoms with van der Waals surface area (Å²) >= 11 is 0. The van der Waals surface area contributed by atoms with Crippen molar-refractivity contribution in [1.82, 2.24) is 9.71 Å². The van der Waals surface area contributed by atoms with Crippen LogP contribution in [0.2, 0.25) is 0 Å². The van der Waals surface area contributed by atoms with Gasteiger partial charge in [0.15, 0.2) is 5.82 Å². The number of nitrogens with one attached hydrogen (secondary N) is 1. The quantitative estimate of drug-likeness (QED) is 0.927. The molecule has 1 aromatic heterocycles. The van der Waals surface area contributed by atoms with E-state index in [1.165, 1.54) is 12.3 Å².